The van der Waals surface area contributed by atoms with E-state index in [-0.39, 0.29) is 5.12 Å². The number of nitrogens with zero attached hydrogens (tertiary/aromatic N) is 2. The predicted molar refractivity (Wildman–Crippen MR) is 66.3 cm³/mol. The van der Waals surface area contributed by atoms with Crippen LogP contribution in [0.4, 0.5) is 0 Å². The number of hydrogen-bond acceptors (Lipinski definition) is 2. The van der Waals surface area contributed by atoms with E-state index < -0.39 is 0 Å². The van der Waals surface area contributed by atoms with Crippen molar-refractivity contribution in [1.82, 2.24) is 9.78 Å². The average Bonchev–Trinajstić information content (AvgIpc) is 2.65. The molecule has 1 aromatic carbocycles. The highest BCUT2D eigenvalue weighted by molar-refractivity contribution is 7.96. The lowest BCUT2D eigenvalue weighted by molar-refractivity contribution is -0.110. The summed E-state index contributed by atoms with van der Waals surface area (Å²) in [5, 5.41) is 4.00. The fourth-order valence-electron chi connectivity index (χ4n) is 1.63. The van der Waals surface area contributed by atoms with Crippen molar-refractivity contribution in [3.8, 4) is 11.3 Å². The van der Waals surface area contributed by atoms with Gasteiger partial charge in [0.05, 0.1) is 5.69 Å². The van der Waals surface area contributed by atoms with Crippen molar-refractivity contribution in [2.24, 2.45) is 7.05 Å². The largest absolute Gasteiger partial charge is 0.287 e. The normalized spacial score (nSPS) is 10.4. The third-order valence-corrected chi connectivity index (χ3v) is 2.58. The maximum absolute atomic E-state index is 10.8. The van der Waals surface area contributed by atoms with Crippen molar-refractivity contribution in [1.29, 1.82) is 0 Å². The molecule has 0 saturated heterocycles. The van der Waals surface area contributed by atoms with Gasteiger partial charge < -0.3 is 0 Å². The Kier molecular flexibility index (Phi) is 3.10. The first-order valence-corrected chi connectivity index (χ1v) is 5.40. The third-order valence-electron chi connectivity index (χ3n) is 2.43. The monoisotopic (exact) mass is 232 g/mol. The van der Waals surface area contributed by atoms with Crippen molar-refractivity contribution in [2.75, 3.05) is 0 Å². The van der Waals surface area contributed by atoms with Gasteiger partial charge in [-0.3, -0.25) is 9.48 Å². The Morgan fingerprint density at radius 3 is 2.50 bits per heavy atom. The van der Waals surface area contributed by atoms with Crippen LogP contribution in [0, 0.1) is 0 Å². The third kappa shape index (κ3) is 2.33. The van der Waals surface area contributed by atoms with E-state index in [0.29, 0.717) is 6.42 Å². The lowest BCUT2D eigenvalue weighted by Gasteiger charge is -2.03. The SMILES string of the molecule is Cn1nccc1-c1ccc(CC(=O)S)cc1. The van der Waals surface area contributed by atoms with Gasteiger partial charge in [-0.25, -0.2) is 0 Å². The molecule has 2 aromatic rings. The Hall–Kier alpha value is -1.55. The molecule has 0 spiro atoms. The number of rotatable bonds is 3. The Labute approximate surface area is 99.5 Å². The van der Waals surface area contributed by atoms with Crippen LogP contribution in [-0.4, -0.2) is 14.9 Å². The van der Waals surface area contributed by atoms with E-state index in [1.165, 1.54) is 0 Å². The molecular weight excluding hydrogens is 220 g/mol. The molecular formula is C12H12N2OS. The van der Waals surface area contributed by atoms with Crippen molar-refractivity contribution >= 4 is 17.7 Å². The quantitative estimate of drug-likeness (QED) is 0.822. The summed E-state index contributed by atoms with van der Waals surface area (Å²) in [6.45, 7) is 0. The van der Waals surface area contributed by atoms with Gasteiger partial charge in [0.2, 0.25) is 0 Å². The first-order valence-electron chi connectivity index (χ1n) is 4.96. The summed E-state index contributed by atoms with van der Waals surface area (Å²) in [6, 6.07) is 9.82. The lowest BCUT2D eigenvalue weighted by Crippen LogP contribution is -1.95. The van der Waals surface area contributed by atoms with Crippen LogP contribution in [-0.2, 0) is 18.3 Å². The minimum absolute atomic E-state index is 0.117. The van der Waals surface area contributed by atoms with Gasteiger partial charge in [0.25, 0.3) is 0 Å². The van der Waals surface area contributed by atoms with E-state index >= 15 is 0 Å². The van der Waals surface area contributed by atoms with Gasteiger partial charge in [0, 0.05) is 19.7 Å². The highest BCUT2D eigenvalue weighted by atomic mass is 32.1. The van der Waals surface area contributed by atoms with Crippen molar-refractivity contribution in [2.45, 2.75) is 6.42 Å². The number of hydrogen-bond donors (Lipinski definition) is 1. The number of carbonyl (C=O) groups is 1. The molecule has 3 nitrogen and oxygen atoms in total. The molecule has 0 bridgehead atoms. The van der Waals surface area contributed by atoms with Gasteiger partial charge in [-0.05, 0) is 17.2 Å². The van der Waals surface area contributed by atoms with Crippen molar-refractivity contribution < 1.29 is 4.79 Å². The first-order chi connectivity index (χ1) is 7.66. The maximum Gasteiger partial charge on any atom is 0.190 e. The van der Waals surface area contributed by atoms with Gasteiger partial charge in [0.15, 0.2) is 5.12 Å². The van der Waals surface area contributed by atoms with E-state index in [2.05, 4.69) is 17.7 Å². The molecule has 2 rings (SSSR count). The molecule has 4 heteroatoms. The van der Waals surface area contributed by atoms with Crippen LogP contribution in [0.5, 0.6) is 0 Å². The number of carbonyl (C=O) groups excluding carboxylic acids is 1. The molecule has 0 saturated carbocycles. The van der Waals surface area contributed by atoms with Gasteiger partial charge in [-0.2, -0.15) is 5.10 Å². The van der Waals surface area contributed by atoms with Crippen LogP contribution in [0.1, 0.15) is 5.56 Å². The molecule has 0 aliphatic carbocycles. The van der Waals surface area contributed by atoms with E-state index in [1.807, 2.05) is 42.1 Å². The Balaban J connectivity index is 2.26. The van der Waals surface area contributed by atoms with Crippen LogP contribution >= 0.6 is 12.6 Å². The second-order valence-electron chi connectivity index (χ2n) is 3.61. The molecule has 82 valence electrons. The number of aromatic nitrogens is 2. The van der Waals surface area contributed by atoms with Crippen molar-refractivity contribution in [3.63, 3.8) is 0 Å². The molecule has 0 aliphatic heterocycles. The smallest absolute Gasteiger partial charge is 0.190 e. The topological polar surface area (TPSA) is 34.9 Å². The fraction of sp³-hybridized carbons (Fsp3) is 0.167. The molecule has 1 heterocycles. The molecule has 0 N–H and O–H groups in total. The zero-order chi connectivity index (χ0) is 11.5. The number of benzene rings is 1. The molecule has 0 fully saturated rings. The minimum Gasteiger partial charge on any atom is -0.287 e. The summed E-state index contributed by atoms with van der Waals surface area (Å²) in [4.78, 5) is 10.8. The van der Waals surface area contributed by atoms with Crippen LogP contribution in [0.2, 0.25) is 0 Å². The number of aryl methyl sites for hydroxylation is 1. The Bertz CT molecular complexity index is 502. The summed E-state index contributed by atoms with van der Waals surface area (Å²) in [6.07, 6.45) is 2.13. The van der Waals surface area contributed by atoms with E-state index in [1.54, 1.807) is 6.20 Å². The zero-order valence-corrected chi connectivity index (χ0v) is 9.82. The summed E-state index contributed by atoms with van der Waals surface area (Å²) < 4.78 is 1.82. The Morgan fingerprint density at radius 1 is 1.31 bits per heavy atom. The summed E-state index contributed by atoms with van der Waals surface area (Å²) in [5.41, 5.74) is 3.13. The minimum atomic E-state index is -0.117. The van der Waals surface area contributed by atoms with Gasteiger partial charge in [-0.1, -0.05) is 24.3 Å². The zero-order valence-electron chi connectivity index (χ0n) is 8.92. The second-order valence-corrected chi connectivity index (χ2v) is 4.11. The summed E-state index contributed by atoms with van der Waals surface area (Å²) in [5.74, 6) is 0. The first kappa shape index (κ1) is 11.0. The van der Waals surface area contributed by atoms with Crippen LogP contribution in [0.25, 0.3) is 11.3 Å². The van der Waals surface area contributed by atoms with E-state index in [4.69, 9.17) is 0 Å². The second kappa shape index (κ2) is 4.53. The van der Waals surface area contributed by atoms with Crippen LogP contribution in [0.15, 0.2) is 36.5 Å². The number of thiol groups is 1. The van der Waals surface area contributed by atoms with Gasteiger partial charge in [0.1, 0.15) is 0 Å². The summed E-state index contributed by atoms with van der Waals surface area (Å²) >= 11 is 3.76. The Morgan fingerprint density at radius 2 is 2.00 bits per heavy atom. The molecule has 1 aromatic heterocycles. The standard InChI is InChI=1S/C12H12N2OS/c1-14-11(6-7-13-14)10-4-2-9(3-5-10)8-12(15)16/h2-7H,8H2,1H3,(H,15,16). The fourth-order valence-corrected chi connectivity index (χ4v) is 1.81. The van der Waals surface area contributed by atoms with Gasteiger partial charge in [-0.15, -0.1) is 12.6 Å². The summed E-state index contributed by atoms with van der Waals surface area (Å²) in [7, 11) is 1.90. The van der Waals surface area contributed by atoms with Crippen molar-refractivity contribution in [3.05, 3.63) is 42.1 Å². The molecule has 0 radical (unpaired) electrons. The van der Waals surface area contributed by atoms with E-state index in [9.17, 15) is 4.79 Å². The van der Waals surface area contributed by atoms with Crippen LogP contribution in [0.3, 0.4) is 0 Å². The van der Waals surface area contributed by atoms with Gasteiger partial charge >= 0.3 is 0 Å². The van der Waals surface area contributed by atoms with E-state index in [0.717, 1.165) is 16.8 Å². The highest BCUT2D eigenvalue weighted by Crippen LogP contribution is 2.18. The maximum atomic E-state index is 10.8. The molecule has 0 aliphatic rings. The predicted octanol–water partition coefficient (Wildman–Crippen LogP) is 2.09. The molecule has 16 heavy (non-hydrogen) atoms. The average molecular weight is 232 g/mol. The molecule has 0 amide bonds. The van der Waals surface area contributed by atoms with Crippen LogP contribution < -0.4 is 0 Å². The molecule has 0 unspecified atom stereocenters. The molecule has 0 atom stereocenters. The highest BCUT2D eigenvalue weighted by Gasteiger charge is 2.03. The lowest BCUT2D eigenvalue weighted by atomic mass is 10.1.